The smallest absolute Gasteiger partial charge is 0.520 e. The summed E-state index contributed by atoms with van der Waals surface area (Å²) in [5, 5.41) is -7.26. The van der Waals surface area contributed by atoms with Crippen LogP contribution in [0.25, 0.3) is 21.5 Å². The Morgan fingerprint density at radius 2 is 0.841 bits per heavy atom. The number of fused-ring (bicyclic) bond motifs is 2. The number of benzene rings is 5. The molecule has 0 radical (unpaired) electrons. The Bertz CT molecular complexity index is 2040. The molecule has 0 unspecified atom stereocenters. The minimum atomic E-state index is -3.40. The molecule has 5 rings (SSSR count). The predicted molar refractivity (Wildman–Crippen MR) is 120 cm³/mol. The summed E-state index contributed by atoms with van der Waals surface area (Å²) in [6, 6.07) is 0.827. The van der Waals surface area contributed by atoms with E-state index < -0.39 is 133 Å². The topological polar surface area (TPSA) is 18.5 Å². The van der Waals surface area contributed by atoms with E-state index in [0.29, 0.717) is 6.07 Å². The molecule has 2 nitrogen and oxygen atoms in total. The summed E-state index contributed by atoms with van der Waals surface area (Å²) >= 11 is 0. The predicted octanol–water partition coefficient (Wildman–Crippen LogP) is 7.93. The Balaban J connectivity index is 1.91. The van der Waals surface area contributed by atoms with Crippen molar-refractivity contribution in [3.63, 3.8) is 0 Å². The fourth-order valence-corrected chi connectivity index (χ4v) is 4.20. The van der Waals surface area contributed by atoms with Gasteiger partial charge in [0.15, 0.2) is 75.6 Å². The van der Waals surface area contributed by atoms with E-state index in [-0.39, 0.29) is 18.2 Å². The van der Waals surface area contributed by atoms with E-state index in [1.165, 1.54) is 0 Å². The van der Waals surface area contributed by atoms with Gasteiger partial charge in [0.25, 0.3) is 0 Å². The first-order valence-corrected chi connectivity index (χ1v) is 11.3. The highest BCUT2D eigenvalue weighted by Crippen LogP contribution is 2.38. The standard InChI is InChI=1S/C26H4BF15O2/c28-6-2-1-5-9(13(6)30)16(33)24(41)25(42)26(5)44-27(43-8-4-3-7(29)14(31)15(8)32)12-10-11(18(35)21(38)20(12)37)19(36)23(40)22(39)17(10)34/h1-4H. The Morgan fingerprint density at radius 1 is 0.364 bits per heavy atom. The molecule has 0 saturated carbocycles. The summed E-state index contributed by atoms with van der Waals surface area (Å²) in [5.74, 6) is -40.7. The molecule has 0 saturated heterocycles. The molecule has 5 aromatic carbocycles. The molecule has 0 atom stereocenters. The average molecular weight is 644 g/mol. The van der Waals surface area contributed by atoms with Crippen molar-refractivity contribution in [2.24, 2.45) is 0 Å². The van der Waals surface area contributed by atoms with Crippen molar-refractivity contribution in [2.45, 2.75) is 0 Å². The molecule has 0 amide bonds. The van der Waals surface area contributed by atoms with Crippen LogP contribution in [0.2, 0.25) is 0 Å². The highest BCUT2D eigenvalue weighted by atomic mass is 19.2. The first kappa shape index (κ1) is 30.7. The molecule has 44 heavy (non-hydrogen) atoms. The van der Waals surface area contributed by atoms with Gasteiger partial charge in [0, 0.05) is 10.8 Å². The van der Waals surface area contributed by atoms with E-state index in [9.17, 15) is 61.5 Å². The molecule has 18 heteroatoms. The highest BCUT2D eigenvalue weighted by molar-refractivity contribution is 6.66. The summed E-state index contributed by atoms with van der Waals surface area (Å²) in [4.78, 5) is 0. The van der Waals surface area contributed by atoms with Crippen molar-refractivity contribution >= 4 is 34.1 Å². The van der Waals surface area contributed by atoms with Crippen LogP contribution in [0.1, 0.15) is 0 Å². The van der Waals surface area contributed by atoms with Crippen molar-refractivity contribution in [1.82, 2.24) is 0 Å². The highest BCUT2D eigenvalue weighted by Gasteiger charge is 2.42. The summed E-state index contributed by atoms with van der Waals surface area (Å²) in [5.41, 5.74) is -2.11. The molecular formula is C26H4BF15O2. The molecule has 0 heterocycles. The maximum Gasteiger partial charge on any atom is 0.636 e. The van der Waals surface area contributed by atoms with Gasteiger partial charge in [-0.15, -0.1) is 0 Å². The lowest BCUT2D eigenvalue weighted by Crippen LogP contribution is -2.46. The molecule has 0 aliphatic heterocycles. The summed E-state index contributed by atoms with van der Waals surface area (Å²) in [6.07, 6.45) is 0. The molecule has 0 aliphatic rings. The lowest BCUT2D eigenvalue weighted by atomic mass is 9.74. The van der Waals surface area contributed by atoms with Crippen molar-refractivity contribution in [1.29, 1.82) is 0 Å². The van der Waals surface area contributed by atoms with E-state index in [2.05, 4.69) is 0 Å². The monoisotopic (exact) mass is 644 g/mol. The third-order valence-corrected chi connectivity index (χ3v) is 6.22. The van der Waals surface area contributed by atoms with Gasteiger partial charge in [-0.3, -0.25) is 0 Å². The van der Waals surface area contributed by atoms with Gasteiger partial charge in [0.05, 0.1) is 16.2 Å². The number of hydrogen-bond acceptors (Lipinski definition) is 2. The second-order valence-corrected chi connectivity index (χ2v) is 8.66. The zero-order chi connectivity index (χ0) is 32.5. The van der Waals surface area contributed by atoms with Gasteiger partial charge in [-0.2, -0.15) is 8.78 Å². The minimum absolute atomic E-state index is 0.130. The summed E-state index contributed by atoms with van der Waals surface area (Å²) in [6.45, 7) is 0. The van der Waals surface area contributed by atoms with Gasteiger partial charge in [-0.05, 0) is 24.3 Å². The number of hydrogen-bond donors (Lipinski definition) is 0. The van der Waals surface area contributed by atoms with Crippen LogP contribution < -0.4 is 14.8 Å². The maximum absolute atomic E-state index is 15.3. The Kier molecular flexibility index (Phi) is 7.49. The summed E-state index contributed by atoms with van der Waals surface area (Å²) < 4.78 is 226. The van der Waals surface area contributed by atoms with Gasteiger partial charge in [-0.1, -0.05) is 0 Å². The first-order valence-electron chi connectivity index (χ1n) is 11.3. The van der Waals surface area contributed by atoms with Crippen molar-refractivity contribution in [2.75, 3.05) is 0 Å². The Labute approximate surface area is 233 Å². The largest absolute Gasteiger partial charge is 0.636 e. The van der Waals surface area contributed by atoms with Crippen LogP contribution in [0.5, 0.6) is 11.5 Å². The van der Waals surface area contributed by atoms with Crippen molar-refractivity contribution in [3.05, 3.63) is 112 Å². The zero-order valence-electron chi connectivity index (χ0n) is 20.4. The molecular weight excluding hydrogens is 640 g/mol. The minimum Gasteiger partial charge on any atom is -0.520 e. The Morgan fingerprint density at radius 3 is 1.45 bits per heavy atom. The van der Waals surface area contributed by atoms with Crippen LogP contribution in [-0.4, -0.2) is 7.12 Å². The molecule has 228 valence electrons. The van der Waals surface area contributed by atoms with Crippen molar-refractivity contribution in [3.8, 4) is 11.5 Å². The van der Waals surface area contributed by atoms with Gasteiger partial charge in [0.2, 0.25) is 11.6 Å². The molecule has 0 N–H and O–H groups in total. The fourth-order valence-electron chi connectivity index (χ4n) is 4.20. The third kappa shape index (κ3) is 4.41. The van der Waals surface area contributed by atoms with Gasteiger partial charge in [0.1, 0.15) is 11.5 Å². The zero-order valence-corrected chi connectivity index (χ0v) is 20.4. The SMILES string of the molecule is Fc1ccc(OB(Oc2c(F)c(F)c(F)c3c(F)c(F)ccc23)c2c(F)c(F)c(F)c3c(F)c(F)c(F)c(F)c23)c(F)c1F. The van der Waals surface area contributed by atoms with Crippen LogP contribution in [0.3, 0.4) is 0 Å². The molecule has 0 aromatic heterocycles. The lowest BCUT2D eigenvalue weighted by Gasteiger charge is -2.22. The number of rotatable bonds is 5. The van der Waals surface area contributed by atoms with E-state index in [1.54, 1.807) is 0 Å². The lowest BCUT2D eigenvalue weighted by molar-refractivity contribution is 0.372. The van der Waals surface area contributed by atoms with Gasteiger partial charge < -0.3 is 9.31 Å². The Hall–Kier alpha value is -4.77. The van der Waals surface area contributed by atoms with Crippen LogP contribution in [0.15, 0.2) is 24.3 Å². The maximum atomic E-state index is 15.3. The normalized spacial score (nSPS) is 11.5. The van der Waals surface area contributed by atoms with Crippen LogP contribution in [-0.2, 0) is 0 Å². The van der Waals surface area contributed by atoms with Gasteiger partial charge >= 0.3 is 7.12 Å². The second kappa shape index (κ2) is 10.7. The molecule has 0 spiro atoms. The average Bonchev–Trinajstić information content (AvgIpc) is 2.99. The van der Waals surface area contributed by atoms with Crippen LogP contribution in [0, 0.1) is 87.3 Å². The van der Waals surface area contributed by atoms with E-state index >= 15 is 4.39 Å². The van der Waals surface area contributed by atoms with Crippen LogP contribution in [0.4, 0.5) is 65.9 Å². The molecule has 5 aromatic rings. The fraction of sp³-hybridized carbons (Fsp3) is 0. The van der Waals surface area contributed by atoms with Crippen LogP contribution >= 0.6 is 0 Å². The quantitative estimate of drug-likeness (QED) is 0.0838. The first-order chi connectivity index (χ1) is 20.6. The van der Waals surface area contributed by atoms with E-state index in [0.717, 1.165) is 0 Å². The molecule has 0 aliphatic carbocycles. The second-order valence-electron chi connectivity index (χ2n) is 8.66. The molecule has 0 fully saturated rings. The van der Waals surface area contributed by atoms with E-state index in [4.69, 9.17) is 9.31 Å². The summed E-state index contributed by atoms with van der Waals surface area (Å²) in [7, 11) is -3.40. The van der Waals surface area contributed by atoms with E-state index in [1.807, 2.05) is 0 Å². The molecule has 0 bridgehead atoms. The third-order valence-electron chi connectivity index (χ3n) is 6.22. The van der Waals surface area contributed by atoms with Gasteiger partial charge in [-0.25, -0.2) is 57.1 Å². The number of halogens is 15. The van der Waals surface area contributed by atoms with Crippen molar-refractivity contribution < 1.29 is 75.2 Å².